The maximum atomic E-state index is 13.2. The van der Waals surface area contributed by atoms with Gasteiger partial charge in [-0.15, -0.1) is 5.10 Å². The zero-order chi connectivity index (χ0) is 13.2. The number of hydrogen-bond donors (Lipinski definition) is 1. The van der Waals surface area contributed by atoms with Crippen molar-refractivity contribution in [2.24, 2.45) is 0 Å². The van der Waals surface area contributed by atoms with Crippen LogP contribution in [0.2, 0.25) is 0 Å². The lowest BCUT2D eigenvalue weighted by molar-refractivity contribution is 0.422. The van der Waals surface area contributed by atoms with E-state index in [0.29, 0.717) is 11.6 Å². The summed E-state index contributed by atoms with van der Waals surface area (Å²) in [5.74, 6) is 0.816. The first kappa shape index (κ1) is 12.1. The number of rotatable bonds is 2. The fraction of sp³-hybridized carbons (Fsp3) is 0.462. The second-order valence-corrected chi connectivity index (χ2v) is 4.99. The minimum atomic E-state index is -0.420. The Kier molecular flexibility index (Phi) is 3.15. The number of benzene rings is 1. The van der Waals surface area contributed by atoms with E-state index in [9.17, 15) is 4.39 Å². The van der Waals surface area contributed by atoms with Crippen LogP contribution in [0.5, 0.6) is 0 Å². The minimum Gasteiger partial charge on any atom is -0.396 e. The van der Waals surface area contributed by atoms with Gasteiger partial charge in [0.25, 0.3) is 0 Å². The van der Waals surface area contributed by atoms with E-state index in [4.69, 9.17) is 5.73 Å². The molecule has 0 amide bonds. The van der Waals surface area contributed by atoms with Gasteiger partial charge < -0.3 is 5.73 Å². The number of halogens is 1. The van der Waals surface area contributed by atoms with Gasteiger partial charge in [-0.05, 0) is 41.5 Å². The fourth-order valence-corrected chi connectivity index (χ4v) is 2.66. The van der Waals surface area contributed by atoms with Gasteiger partial charge in [0, 0.05) is 5.92 Å². The van der Waals surface area contributed by atoms with Crippen molar-refractivity contribution in [2.45, 2.75) is 38.0 Å². The Labute approximate surface area is 110 Å². The molecule has 5 nitrogen and oxygen atoms in total. The number of aromatic nitrogens is 4. The number of hydrogen-bond acceptors (Lipinski definition) is 4. The first-order chi connectivity index (χ1) is 9.25. The van der Waals surface area contributed by atoms with Crippen molar-refractivity contribution in [1.82, 2.24) is 20.2 Å². The third-order valence-corrected chi connectivity index (χ3v) is 3.69. The first-order valence-corrected chi connectivity index (χ1v) is 6.59. The number of nitrogens with zero attached hydrogens (tertiary/aromatic N) is 4. The van der Waals surface area contributed by atoms with Gasteiger partial charge in [-0.2, -0.15) is 4.68 Å². The second-order valence-electron chi connectivity index (χ2n) is 4.99. The quantitative estimate of drug-likeness (QED) is 0.843. The summed E-state index contributed by atoms with van der Waals surface area (Å²) in [7, 11) is 0. The molecule has 1 heterocycles. The topological polar surface area (TPSA) is 69.6 Å². The van der Waals surface area contributed by atoms with E-state index in [1.807, 2.05) is 0 Å². The molecule has 2 aromatic rings. The fourth-order valence-electron chi connectivity index (χ4n) is 2.66. The second kappa shape index (κ2) is 4.95. The van der Waals surface area contributed by atoms with Gasteiger partial charge >= 0.3 is 0 Å². The average Bonchev–Trinajstić information content (AvgIpc) is 2.92. The molecule has 1 aliphatic carbocycles. The number of tetrazole rings is 1. The van der Waals surface area contributed by atoms with Gasteiger partial charge in [-0.3, -0.25) is 0 Å². The lowest BCUT2D eigenvalue weighted by Gasteiger charge is -2.20. The molecule has 0 radical (unpaired) electrons. The standard InChI is InChI=1S/C13H16FN5/c14-11-7-6-10(8-12(11)15)19-13(16-17-18-19)9-4-2-1-3-5-9/h6-9H,1-5,15H2. The Morgan fingerprint density at radius 2 is 2.00 bits per heavy atom. The first-order valence-electron chi connectivity index (χ1n) is 6.59. The van der Waals surface area contributed by atoms with E-state index < -0.39 is 5.82 Å². The lowest BCUT2D eigenvalue weighted by atomic mass is 9.88. The summed E-state index contributed by atoms with van der Waals surface area (Å²) < 4.78 is 14.9. The zero-order valence-corrected chi connectivity index (χ0v) is 10.6. The zero-order valence-electron chi connectivity index (χ0n) is 10.6. The molecule has 0 atom stereocenters. The van der Waals surface area contributed by atoms with Crippen LogP contribution in [0.3, 0.4) is 0 Å². The van der Waals surface area contributed by atoms with Crippen LogP contribution in [0.15, 0.2) is 18.2 Å². The summed E-state index contributed by atoms with van der Waals surface area (Å²) in [5.41, 5.74) is 6.42. The Morgan fingerprint density at radius 1 is 1.21 bits per heavy atom. The molecule has 1 aliphatic rings. The molecule has 2 N–H and O–H groups in total. The van der Waals surface area contributed by atoms with Crippen LogP contribution in [-0.2, 0) is 0 Å². The van der Waals surface area contributed by atoms with E-state index in [2.05, 4.69) is 15.5 Å². The smallest absolute Gasteiger partial charge is 0.159 e. The highest BCUT2D eigenvalue weighted by atomic mass is 19.1. The highest BCUT2D eigenvalue weighted by molar-refractivity contribution is 5.48. The number of nitrogens with two attached hydrogens (primary N) is 1. The maximum Gasteiger partial charge on any atom is 0.159 e. The Bertz CT molecular complexity index is 574. The molecule has 0 spiro atoms. The van der Waals surface area contributed by atoms with E-state index in [0.717, 1.165) is 18.7 Å². The predicted octanol–water partition coefficient (Wildman–Crippen LogP) is 2.43. The van der Waals surface area contributed by atoms with Crippen LogP contribution in [-0.4, -0.2) is 20.2 Å². The molecule has 1 aromatic carbocycles. The number of nitrogen functional groups attached to an aromatic ring is 1. The summed E-state index contributed by atoms with van der Waals surface area (Å²) >= 11 is 0. The highest BCUT2D eigenvalue weighted by Gasteiger charge is 2.22. The van der Waals surface area contributed by atoms with Gasteiger partial charge in [0.1, 0.15) is 5.82 Å². The molecular weight excluding hydrogens is 245 g/mol. The number of anilines is 1. The molecule has 0 bridgehead atoms. The normalized spacial score (nSPS) is 16.7. The molecule has 1 aromatic heterocycles. The molecule has 0 unspecified atom stereocenters. The average molecular weight is 261 g/mol. The van der Waals surface area contributed by atoms with Gasteiger partial charge in [0.2, 0.25) is 0 Å². The van der Waals surface area contributed by atoms with Gasteiger partial charge in [0.05, 0.1) is 11.4 Å². The van der Waals surface area contributed by atoms with Crippen molar-refractivity contribution >= 4 is 5.69 Å². The SMILES string of the molecule is Nc1cc(-n2nnnc2C2CCCCC2)ccc1F. The monoisotopic (exact) mass is 261 g/mol. The van der Waals surface area contributed by atoms with Crippen molar-refractivity contribution in [3.05, 3.63) is 29.8 Å². The van der Waals surface area contributed by atoms with Crippen LogP contribution in [0, 0.1) is 5.82 Å². The van der Waals surface area contributed by atoms with Gasteiger partial charge in [-0.25, -0.2) is 4.39 Å². The maximum absolute atomic E-state index is 13.2. The summed E-state index contributed by atoms with van der Waals surface area (Å²) in [4.78, 5) is 0. The van der Waals surface area contributed by atoms with Crippen LogP contribution in [0.4, 0.5) is 10.1 Å². The van der Waals surface area contributed by atoms with Crippen molar-refractivity contribution in [3.63, 3.8) is 0 Å². The summed E-state index contributed by atoms with van der Waals surface area (Å²) in [5, 5.41) is 11.9. The Hall–Kier alpha value is -1.98. The van der Waals surface area contributed by atoms with Crippen molar-refractivity contribution < 1.29 is 4.39 Å². The van der Waals surface area contributed by atoms with Crippen LogP contribution >= 0.6 is 0 Å². The van der Waals surface area contributed by atoms with Crippen LogP contribution < -0.4 is 5.73 Å². The van der Waals surface area contributed by atoms with Crippen molar-refractivity contribution in [3.8, 4) is 5.69 Å². The molecule has 19 heavy (non-hydrogen) atoms. The molecule has 6 heteroatoms. The van der Waals surface area contributed by atoms with E-state index in [1.54, 1.807) is 16.8 Å². The summed E-state index contributed by atoms with van der Waals surface area (Å²) in [6.07, 6.45) is 5.92. The molecule has 1 fully saturated rings. The molecule has 3 rings (SSSR count). The molecule has 0 aliphatic heterocycles. The molecule has 0 saturated heterocycles. The van der Waals surface area contributed by atoms with Gasteiger partial charge in [0.15, 0.2) is 5.82 Å². The third-order valence-electron chi connectivity index (χ3n) is 3.69. The molecule has 1 saturated carbocycles. The van der Waals surface area contributed by atoms with Crippen LogP contribution in [0.1, 0.15) is 43.8 Å². The molecular formula is C13H16FN5. The van der Waals surface area contributed by atoms with Gasteiger partial charge in [-0.1, -0.05) is 19.3 Å². The predicted molar refractivity (Wildman–Crippen MR) is 69.4 cm³/mol. The highest BCUT2D eigenvalue weighted by Crippen LogP contribution is 2.32. The van der Waals surface area contributed by atoms with E-state index in [1.165, 1.54) is 25.3 Å². The third kappa shape index (κ3) is 2.30. The van der Waals surface area contributed by atoms with Crippen molar-refractivity contribution in [1.29, 1.82) is 0 Å². The lowest BCUT2D eigenvalue weighted by Crippen LogP contribution is -2.12. The Morgan fingerprint density at radius 3 is 2.74 bits per heavy atom. The van der Waals surface area contributed by atoms with E-state index >= 15 is 0 Å². The summed E-state index contributed by atoms with van der Waals surface area (Å²) in [6, 6.07) is 4.56. The van der Waals surface area contributed by atoms with Crippen LogP contribution in [0.25, 0.3) is 5.69 Å². The van der Waals surface area contributed by atoms with Crippen molar-refractivity contribution in [2.75, 3.05) is 5.73 Å². The Balaban J connectivity index is 1.96. The molecule has 100 valence electrons. The largest absolute Gasteiger partial charge is 0.396 e. The minimum absolute atomic E-state index is 0.114. The summed E-state index contributed by atoms with van der Waals surface area (Å²) in [6.45, 7) is 0. The van der Waals surface area contributed by atoms with E-state index in [-0.39, 0.29) is 5.69 Å².